The van der Waals surface area contributed by atoms with E-state index in [0.717, 1.165) is 31.2 Å². The number of anilines is 1. The Morgan fingerprint density at radius 2 is 2.00 bits per heavy atom. The molecule has 0 spiro atoms. The zero-order valence-corrected chi connectivity index (χ0v) is 13.4. The van der Waals surface area contributed by atoms with Crippen LogP contribution in [0.1, 0.15) is 31.2 Å². The number of nitrogens with two attached hydrogens (primary N) is 1. The van der Waals surface area contributed by atoms with E-state index in [1.165, 1.54) is 22.7 Å². The van der Waals surface area contributed by atoms with E-state index in [2.05, 4.69) is 0 Å². The summed E-state index contributed by atoms with van der Waals surface area (Å²) >= 11 is 0. The first-order valence-electron chi connectivity index (χ1n) is 7.26. The highest BCUT2D eigenvalue weighted by atomic mass is 32.2. The molecule has 1 unspecified atom stereocenters. The summed E-state index contributed by atoms with van der Waals surface area (Å²) in [5, 5.41) is 0. The molecule has 0 radical (unpaired) electrons. The fourth-order valence-corrected chi connectivity index (χ4v) is 3.95. The molecule has 0 aromatic heterocycles. The molecule has 118 valence electrons. The number of hydrogen-bond donors (Lipinski definition) is 1. The summed E-state index contributed by atoms with van der Waals surface area (Å²) in [5.41, 5.74) is 7.26. The molecule has 1 aromatic rings. The first-order chi connectivity index (χ1) is 9.79. The van der Waals surface area contributed by atoms with E-state index >= 15 is 0 Å². The minimum absolute atomic E-state index is 0.0311. The quantitative estimate of drug-likeness (QED) is 0.868. The van der Waals surface area contributed by atoms with Gasteiger partial charge in [0.1, 0.15) is 5.82 Å². The number of nitrogens with zero attached hydrogens (tertiary/aromatic N) is 1. The molecule has 0 saturated heterocycles. The predicted octanol–water partition coefficient (Wildman–Crippen LogP) is 2.40. The number of benzene rings is 1. The standard InChI is InChI=1S/C15H23FN2O2S/c1-18(21(2,19)20)15-6-4-3-5-11(15)9-12-10-13(16)7-8-14(12)17/h7-8,10-11,15H,3-6,9,17H2,1-2H3/t11?,15-/m1/s1. The van der Waals surface area contributed by atoms with Gasteiger partial charge in [0.05, 0.1) is 6.26 Å². The van der Waals surface area contributed by atoms with Crippen molar-refractivity contribution in [2.45, 2.75) is 38.1 Å². The molecule has 0 heterocycles. The predicted molar refractivity (Wildman–Crippen MR) is 82.9 cm³/mol. The second kappa shape index (κ2) is 6.32. The van der Waals surface area contributed by atoms with Crippen LogP contribution in [0.5, 0.6) is 0 Å². The van der Waals surface area contributed by atoms with E-state index in [0.29, 0.717) is 12.1 Å². The molecule has 1 aliphatic carbocycles. The molecule has 1 aromatic carbocycles. The van der Waals surface area contributed by atoms with Crippen LogP contribution in [0.4, 0.5) is 10.1 Å². The highest BCUT2D eigenvalue weighted by molar-refractivity contribution is 7.88. The first kappa shape index (κ1) is 16.2. The van der Waals surface area contributed by atoms with Gasteiger partial charge < -0.3 is 5.73 Å². The topological polar surface area (TPSA) is 63.4 Å². The second-order valence-electron chi connectivity index (χ2n) is 5.94. The third-order valence-corrected chi connectivity index (χ3v) is 5.76. The molecule has 1 saturated carbocycles. The molecule has 1 fully saturated rings. The van der Waals surface area contributed by atoms with Crippen molar-refractivity contribution in [2.75, 3.05) is 19.0 Å². The Morgan fingerprint density at radius 1 is 1.33 bits per heavy atom. The Bertz CT molecular complexity index is 604. The van der Waals surface area contributed by atoms with Gasteiger partial charge in [-0.2, -0.15) is 0 Å². The average Bonchev–Trinajstić information content (AvgIpc) is 2.42. The van der Waals surface area contributed by atoms with Crippen molar-refractivity contribution in [3.63, 3.8) is 0 Å². The maximum Gasteiger partial charge on any atom is 0.211 e. The maximum atomic E-state index is 13.4. The molecule has 4 nitrogen and oxygen atoms in total. The molecule has 6 heteroatoms. The fraction of sp³-hybridized carbons (Fsp3) is 0.600. The Labute approximate surface area is 126 Å². The summed E-state index contributed by atoms with van der Waals surface area (Å²) in [6.07, 6.45) is 5.75. The molecule has 0 aliphatic heterocycles. The van der Waals surface area contributed by atoms with Crippen molar-refractivity contribution in [1.29, 1.82) is 0 Å². The minimum Gasteiger partial charge on any atom is -0.399 e. The van der Waals surface area contributed by atoms with E-state index in [4.69, 9.17) is 5.73 Å². The number of sulfonamides is 1. The molecule has 0 bridgehead atoms. The van der Waals surface area contributed by atoms with Crippen LogP contribution in [0.3, 0.4) is 0 Å². The smallest absolute Gasteiger partial charge is 0.211 e. The number of hydrogen-bond acceptors (Lipinski definition) is 3. The first-order valence-corrected chi connectivity index (χ1v) is 9.11. The van der Waals surface area contributed by atoms with Gasteiger partial charge in [-0.3, -0.25) is 0 Å². The number of rotatable bonds is 4. The lowest BCUT2D eigenvalue weighted by atomic mass is 9.80. The van der Waals surface area contributed by atoms with Crippen molar-refractivity contribution in [2.24, 2.45) is 5.92 Å². The van der Waals surface area contributed by atoms with Gasteiger partial charge >= 0.3 is 0 Å². The van der Waals surface area contributed by atoms with Gasteiger partial charge in [-0.05, 0) is 48.9 Å². The zero-order valence-electron chi connectivity index (χ0n) is 12.5. The monoisotopic (exact) mass is 314 g/mol. The molecule has 1 aliphatic rings. The molecule has 0 amide bonds. The third-order valence-electron chi connectivity index (χ3n) is 4.45. The summed E-state index contributed by atoms with van der Waals surface area (Å²) in [5.74, 6) is -0.120. The van der Waals surface area contributed by atoms with Gasteiger partial charge in [0.2, 0.25) is 10.0 Å². The zero-order chi connectivity index (χ0) is 15.6. The Balaban J connectivity index is 2.21. The summed E-state index contributed by atoms with van der Waals surface area (Å²) in [6, 6.07) is 4.35. The molecule has 2 N–H and O–H groups in total. The van der Waals surface area contributed by atoms with Crippen LogP contribution in [-0.4, -0.2) is 32.1 Å². The van der Waals surface area contributed by atoms with Crippen LogP contribution in [-0.2, 0) is 16.4 Å². The van der Waals surface area contributed by atoms with Crippen molar-refractivity contribution in [3.8, 4) is 0 Å². The van der Waals surface area contributed by atoms with Crippen LogP contribution in [0.25, 0.3) is 0 Å². The molecule has 2 atom stereocenters. The molecule has 21 heavy (non-hydrogen) atoms. The van der Waals surface area contributed by atoms with E-state index in [1.807, 2.05) is 0 Å². The lowest BCUT2D eigenvalue weighted by molar-refractivity contribution is 0.199. The summed E-state index contributed by atoms with van der Waals surface area (Å²) in [6.45, 7) is 0. The lowest BCUT2D eigenvalue weighted by Gasteiger charge is -2.37. The Kier molecular flexibility index (Phi) is 4.88. The van der Waals surface area contributed by atoms with Crippen molar-refractivity contribution < 1.29 is 12.8 Å². The second-order valence-corrected chi connectivity index (χ2v) is 7.98. The molecular formula is C15H23FN2O2S. The van der Waals surface area contributed by atoms with Crippen LogP contribution >= 0.6 is 0 Å². The Hall–Kier alpha value is -1.14. The third kappa shape index (κ3) is 3.95. The van der Waals surface area contributed by atoms with Crippen LogP contribution in [0.2, 0.25) is 0 Å². The highest BCUT2D eigenvalue weighted by Gasteiger charge is 2.32. The van der Waals surface area contributed by atoms with Gasteiger partial charge in [-0.15, -0.1) is 0 Å². The van der Waals surface area contributed by atoms with E-state index in [9.17, 15) is 12.8 Å². The van der Waals surface area contributed by atoms with Gasteiger partial charge in [0.15, 0.2) is 0 Å². The lowest BCUT2D eigenvalue weighted by Crippen LogP contribution is -2.43. The number of nitrogen functional groups attached to an aromatic ring is 1. The fourth-order valence-electron chi connectivity index (χ4n) is 3.18. The van der Waals surface area contributed by atoms with Crippen molar-refractivity contribution in [3.05, 3.63) is 29.6 Å². The van der Waals surface area contributed by atoms with E-state index < -0.39 is 10.0 Å². The average molecular weight is 314 g/mol. The summed E-state index contributed by atoms with van der Waals surface area (Å²) < 4.78 is 38.4. The van der Waals surface area contributed by atoms with Crippen LogP contribution in [0, 0.1) is 11.7 Å². The summed E-state index contributed by atoms with van der Waals surface area (Å²) in [7, 11) is -1.59. The van der Waals surface area contributed by atoms with Gasteiger partial charge in [-0.1, -0.05) is 12.8 Å². The Morgan fingerprint density at radius 3 is 2.67 bits per heavy atom. The SMILES string of the molecule is CN([C@@H]1CCCCC1Cc1cc(F)ccc1N)S(C)(=O)=O. The van der Waals surface area contributed by atoms with E-state index in [1.54, 1.807) is 13.1 Å². The largest absolute Gasteiger partial charge is 0.399 e. The minimum atomic E-state index is -3.22. The van der Waals surface area contributed by atoms with Crippen LogP contribution in [0.15, 0.2) is 18.2 Å². The van der Waals surface area contributed by atoms with Gasteiger partial charge in [0.25, 0.3) is 0 Å². The molecular weight excluding hydrogens is 291 g/mol. The van der Waals surface area contributed by atoms with Gasteiger partial charge in [-0.25, -0.2) is 17.1 Å². The maximum absolute atomic E-state index is 13.4. The van der Waals surface area contributed by atoms with Crippen LogP contribution < -0.4 is 5.73 Å². The van der Waals surface area contributed by atoms with Crippen molar-refractivity contribution in [1.82, 2.24) is 4.31 Å². The highest BCUT2D eigenvalue weighted by Crippen LogP contribution is 2.32. The van der Waals surface area contributed by atoms with E-state index in [-0.39, 0.29) is 17.8 Å². The van der Waals surface area contributed by atoms with Crippen molar-refractivity contribution >= 4 is 15.7 Å². The summed E-state index contributed by atoms with van der Waals surface area (Å²) in [4.78, 5) is 0. The number of halogens is 1. The normalized spacial score (nSPS) is 23.4. The molecule has 2 rings (SSSR count). The van der Waals surface area contributed by atoms with Gasteiger partial charge in [0, 0.05) is 18.8 Å².